The minimum absolute atomic E-state index is 0.00806. The van der Waals surface area contributed by atoms with E-state index >= 15 is 0 Å². The summed E-state index contributed by atoms with van der Waals surface area (Å²) in [7, 11) is 6.23. The van der Waals surface area contributed by atoms with Gasteiger partial charge in [0.2, 0.25) is 0 Å². The Hall–Kier alpha value is -4.46. The van der Waals surface area contributed by atoms with Gasteiger partial charge in [-0.25, -0.2) is 0 Å². The van der Waals surface area contributed by atoms with Crippen molar-refractivity contribution in [3.05, 3.63) is 88.0 Å². The van der Waals surface area contributed by atoms with Crippen LogP contribution in [0.15, 0.2) is 60.2 Å². The average molecular weight is 546 g/mol. The highest BCUT2D eigenvalue weighted by atomic mass is 16.5. The molecule has 3 aromatic rings. The third kappa shape index (κ3) is 5.21. The molecule has 1 aliphatic rings. The molecule has 0 radical (unpaired) electrons. The van der Waals surface area contributed by atoms with E-state index in [9.17, 15) is 14.7 Å². The molecule has 1 N–H and O–H groups in total. The zero-order chi connectivity index (χ0) is 29.1. The highest BCUT2D eigenvalue weighted by molar-refractivity contribution is 6.46. The van der Waals surface area contributed by atoms with Crippen molar-refractivity contribution in [3.8, 4) is 23.0 Å². The number of likely N-dealkylation sites (tertiary alicyclic amines) is 1. The summed E-state index contributed by atoms with van der Waals surface area (Å²) >= 11 is 0. The van der Waals surface area contributed by atoms with Crippen LogP contribution in [0, 0.1) is 6.92 Å². The van der Waals surface area contributed by atoms with Gasteiger partial charge in [0.15, 0.2) is 11.5 Å². The van der Waals surface area contributed by atoms with Crippen molar-refractivity contribution in [2.75, 3.05) is 28.4 Å². The van der Waals surface area contributed by atoms with Crippen LogP contribution in [0.1, 0.15) is 53.6 Å². The highest BCUT2D eigenvalue weighted by Crippen LogP contribution is 2.44. The molecule has 1 heterocycles. The number of amides is 1. The summed E-state index contributed by atoms with van der Waals surface area (Å²) < 4.78 is 21.7. The lowest BCUT2D eigenvalue weighted by molar-refractivity contribution is -0.140. The largest absolute Gasteiger partial charge is 0.507 e. The van der Waals surface area contributed by atoms with E-state index < -0.39 is 17.7 Å². The predicted octanol–water partition coefficient (Wildman–Crippen LogP) is 5.77. The second kappa shape index (κ2) is 11.7. The number of hydrogen-bond donors (Lipinski definition) is 1. The lowest BCUT2D eigenvalue weighted by atomic mass is 9.91. The smallest absolute Gasteiger partial charge is 0.295 e. The van der Waals surface area contributed by atoms with Crippen LogP contribution in [0.3, 0.4) is 0 Å². The standard InChI is InChI=1S/C32H35NO7/c1-18(2)23-16-24(19(3)14-26(23)39-6)30(34)28-29(21-10-13-25(38-5)27(15-21)40-7)33(32(36)31(28)35)17-20-8-11-22(37-4)12-9-20/h8-16,18,29,34H,17H2,1-7H3/b30-28+. The molecule has 0 bridgehead atoms. The average Bonchev–Trinajstić information content (AvgIpc) is 3.21. The van der Waals surface area contributed by atoms with Crippen molar-refractivity contribution >= 4 is 17.4 Å². The summed E-state index contributed by atoms with van der Waals surface area (Å²) in [5, 5.41) is 11.7. The topological polar surface area (TPSA) is 94.5 Å². The first-order valence-electron chi connectivity index (χ1n) is 13.0. The third-order valence-electron chi connectivity index (χ3n) is 7.23. The summed E-state index contributed by atoms with van der Waals surface area (Å²) in [6, 6.07) is 15.3. The van der Waals surface area contributed by atoms with Crippen molar-refractivity contribution in [2.24, 2.45) is 0 Å². The Labute approximate surface area is 234 Å². The Balaban J connectivity index is 1.93. The lowest BCUT2D eigenvalue weighted by Crippen LogP contribution is -2.29. The predicted molar refractivity (Wildman–Crippen MR) is 152 cm³/mol. The van der Waals surface area contributed by atoms with Gasteiger partial charge < -0.3 is 29.0 Å². The number of aliphatic hydroxyl groups is 1. The van der Waals surface area contributed by atoms with Crippen molar-refractivity contribution in [1.82, 2.24) is 4.90 Å². The van der Waals surface area contributed by atoms with Crippen molar-refractivity contribution in [2.45, 2.75) is 39.3 Å². The first kappa shape index (κ1) is 28.5. The van der Waals surface area contributed by atoms with Crippen molar-refractivity contribution in [3.63, 3.8) is 0 Å². The maximum absolute atomic E-state index is 13.6. The number of benzene rings is 3. The molecule has 1 unspecified atom stereocenters. The number of rotatable bonds is 9. The van der Waals surface area contributed by atoms with Gasteiger partial charge in [0.25, 0.3) is 11.7 Å². The summed E-state index contributed by atoms with van der Waals surface area (Å²) in [5.74, 6) is 0.723. The van der Waals surface area contributed by atoms with Crippen molar-refractivity contribution in [1.29, 1.82) is 0 Å². The fraction of sp³-hybridized carbons (Fsp3) is 0.312. The Morgan fingerprint density at radius 3 is 2.08 bits per heavy atom. The number of ketones is 1. The normalized spacial score (nSPS) is 16.4. The highest BCUT2D eigenvalue weighted by Gasteiger charge is 2.46. The molecule has 1 aliphatic heterocycles. The molecular formula is C32H35NO7. The van der Waals surface area contributed by atoms with E-state index in [0.29, 0.717) is 39.7 Å². The molecule has 3 aromatic carbocycles. The molecule has 0 aliphatic carbocycles. The summed E-state index contributed by atoms with van der Waals surface area (Å²) in [5.41, 5.74) is 3.47. The maximum Gasteiger partial charge on any atom is 0.295 e. The van der Waals surface area contributed by atoms with Gasteiger partial charge in [-0.05, 0) is 71.5 Å². The van der Waals surface area contributed by atoms with Crippen LogP contribution in [-0.2, 0) is 16.1 Å². The SMILES string of the molecule is COc1ccc(CN2C(=O)C(=O)/C(=C(/O)c3cc(C(C)C)c(OC)cc3C)C2c2ccc(OC)c(OC)c2)cc1. The van der Waals surface area contributed by atoms with E-state index in [1.807, 2.05) is 45.0 Å². The van der Waals surface area contributed by atoms with Gasteiger partial charge in [0.1, 0.15) is 17.3 Å². The van der Waals surface area contributed by atoms with Crippen molar-refractivity contribution < 1.29 is 33.6 Å². The molecule has 4 rings (SSSR count). The van der Waals surface area contributed by atoms with E-state index in [2.05, 4.69) is 0 Å². The van der Waals surface area contributed by atoms with E-state index in [1.54, 1.807) is 44.6 Å². The Morgan fingerprint density at radius 2 is 1.50 bits per heavy atom. The van der Waals surface area contributed by atoms with Gasteiger partial charge in [0.05, 0.1) is 40.1 Å². The second-order valence-electron chi connectivity index (χ2n) is 9.95. The fourth-order valence-corrected chi connectivity index (χ4v) is 5.07. The zero-order valence-electron chi connectivity index (χ0n) is 23.9. The van der Waals surface area contributed by atoms with Gasteiger partial charge in [0, 0.05) is 12.1 Å². The summed E-state index contributed by atoms with van der Waals surface area (Å²) in [6.45, 7) is 6.02. The minimum Gasteiger partial charge on any atom is -0.507 e. The monoisotopic (exact) mass is 545 g/mol. The number of Topliss-reactive ketones (excluding diaryl/α,β-unsaturated/α-hetero) is 1. The van der Waals surface area contributed by atoms with E-state index in [4.69, 9.17) is 18.9 Å². The zero-order valence-corrected chi connectivity index (χ0v) is 23.9. The Kier molecular flexibility index (Phi) is 8.38. The van der Waals surface area contributed by atoms with Crippen LogP contribution in [0.2, 0.25) is 0 Å². The van der Waals surface area contributed by atoms with E-state index in [1.165, 1.54) is 19.1 Å². The third-order valence-corrected chi connectivity index (χ3v) is 7.23. The molecule has 1 amide bonds. The van der Waals surface area contributed by atoms with Gasteiger partial charge in [-0.2, -0.15) is 0 Å². The lowest BCUT2D eigenvalue weighted by Gasteiger charge is -2.26. The molecule has 210 valence electrons. The quantitative estimate of drug-likeness (QED) is 0.207. The molecule has 0 saturated carbocycles. The Morgan fingerprint density at radius 1 is 0.850 bits per heavy atom. The first-order chi connectivity index (χ1) is 19.1. The minimum atomic E-state index is -0.870. The number of methoxy groups -OCH3 is 4. The Bertz CT molecular complexity index is 1460. The van der Waals surface area contributed by atoms with Crippen LogP contribution >= 0.6 is 0 Å². The van der Waals surface area contributed by atoms with Crippen LogP contribution in [-0.4, -0.2) is 50.1 Å². The fourth-order valence-electron chi connectivity index (χ4n) is 5.07. The van der Waals surface area contributed by atoms with Crippen LogP contribution in [0.4, 0.5) is 0 Å². The van der Waals surface area contributed by atoms with Gasteiger partial charge in [-0.1, -0.05) is 32.0 Å². The van der Waals surface area contributed by atoms with Gasteiger partial charge >= 0.3 is 0 Å². The number of hydrogen-bond acceptors (Lipinski definition) is 7. The number of nitrogens with zero attached hydrogens (tertiary/aromatic N) is 1. The summed E-state index contributed by atoms with van der Waals surface area (Å²) in [6.07, 6.45) is 0. The molecule has 0 aromatic heterocycles. The van der Waals surface area contributed by atoms with Crippen LogP contribution < -0.4 is 18.9 Å². The van der Waals surface area contributed by atoms with Gasteiger partial charge in [-0.15, -0.1) is 0 Å². The number of carbonyl (C=O) groups excluding carboxylic acids is 2. The van der Waals surface area contributed by atoms with Crippen LogP contribution in [0.25, 0.3) is 5.76 Å². The molecular weight excluding hydrogens is 510 g/mol. The number of ether oxygens (including phenoxy) is 4. The summed E-state index contributed by atoms with van der Waals surface area (Å²) in [4.78, 5) is 28.6. The number of carbonyl (C=O) groups is 2. The number of aliphatic hydroxyl groups excluding tert-OH is 1. The van der Waals surface area contributed by atoms with E-state index in [-0.39, 0.29) is 23.8 Å². The second-order valence-corrected chi connectivity index (χ2v) is 9.95. The van der Waals surface area contributed by atoms with Gasteiger partial charge in [-0.3, -0.25) is 9.59 Å². The first-order valence-corrected chi connectivity index (χ1v) is 13.0. The molecule has 40 heavy (non-hydrogen) atoms. The number of aryl methyl sites for hydroxylation is 1. The van der Waals surface area contributed by atoms with Crippen LogP contribution in [0.5, 0.6) is 23.0 Å². The molecule has 8 nitrogen and oxygen atoms in total. The molecule has 1 atom stereocenters. The molecule has 1 saturated heterocycles. The maximum atomic E-state index is 13.6. The molecule has 1 fully saturated rings. The molecule has 8 heteroatoms. The van der Waals surface area contributed by atoms with E-state index in [0.717, 1.165) is 11.1 Å². The molecule has 0 spiro atoms.